The van der Waals surface area contributed by atoms with Crippen molar-refractivity contribution in [1.82, 2.24) is 30.6 Å². The van der Waals surface area contributed by atoms with E-state index in [1.165, 1.54) is 24.3 Å². The molecule has 5 N–H and O–H groups in total. The summed E-state index contributed by atoms with van der Waals surface area (Å²) in [6, 6.07) is 20.9. The van der Waals surface area contributed by atoms with Crippen molar-refractivity contribution in [1.29, 1.82) is 0 Å². The van der Waals surface area contributed by atoms with Gasteiger partial charge in [0.05, 0.1) is 18.8 Å². The minimum absolute atomic E-state index is 0.0351. The van der Waals surface area contributed by atoms with Crippen LogP contribution in [0.1, 0.15) is 35.2 Å². The van der Waals surface area contributed by atoms with Gasteiger partial charge in [0, 0.05) is 34.7 Å². The molecule has 5 aromatic rings. The summed E-state index contributed by atoms with van der Waals surface area (Å²) in [5.41, 5.74) is 1.12. The molecule has 306 valence electrons. The number of aromatic nitrogens is 4. The van der Waals surface area contributed by atoms with Crippen LogP contribution in [-0.4, -0.2) is 76.1 Å². The van der Waals surface area contributed by atoms with E-state index in [4.69, 9.17) is 25.8 Å². The molecule has 0 bridgehead atoms. The first-order chi connectivity index (χ1) is 28.3. The average molecular weight is 834 g/mol. The van der Waals surface area contributed by atoms with Crippen LogP contribution in [0.2, 0.25) is 5.02 Å². The SMILES string of the molecule is COC(=O)[C@H](CCNC(=O)C(=O)Nc1ccc(Oc2cccnc2)cc1)NC(=O)c1ccc(Nc2nc(NC3(c4ccc(Cl)cc4)CC3)nc(OCC(F)(F)F)n2)cc1. The van der Waals surface area contributed by atoms with Crippen molar-refractivity contribution in [2.75, 3.05) is 36.2 Å². The first-order valence-corrected chi connectivity index (χ1v) is 18.2. The topological polar surface area (TPSA) is 208 Å². The Morgan fingerprint density at radius 2 is 1.54 bits per heavy atom. The Morgan fingerprint density at radius 1 is 0.847 bits per heavy atom. The third kappa shape index (κ3) is 12.0. The van der Waals surface area contributed by atoms with Gasteiger partial charge in [0.1, 0.15) is 17.5 Å². The number of alkyl halides is 3. The van der Waals surface area contributed by atoms with Crippen LogP contribution in [0.5, 0.6) is 17.5 Å². The molecule has 1 saturated carbocycles. The monoisotopic (exact) mass is 833 g/mol. The number of amides is 3. The van der Waals surface area contributed by atoms with E-state index in [2.05, 4.69) is 46.5 Å². The number of anilines is 4. The van der Waals surface area contributed by atoms with Crippen LogP contribution < -0.4 is 36.1 Å². The number of pyridine rings is 1. The lowest BCUT2D eigenvalue weighted by molar-refractivity contribution is -0.154. The fraction of sp³-hybridized carbons (Fsp3) is 0.231. The number of halogens is 4. The molecule has 1 aliphatic rings. The Labute approximate surface area is 339 Å². The highest BCUT2D eigenvalue weighted by atomic mass is 35.5. The summed E-state index contributed by atoms with van der Waals surface area (Å²) in [4.78, 5) is 66.9. The van der Waals surface area contributed by atoms with Crippen molar-refractivity contribution in [3.05, 3.63) is 113 Å². The quantitative estimate of drug-likeness (QED) is 0.0579. The van der Waals surface area contributed by atoms with Crippen molar-refractivity contribution < 1.29 is 46.6 Å². The molecule has 2 heterocycles. The van der Waals surface area contributed by atoms with Crippen LogP contribution in [0, 0.1) is 0 Å². The van der Waals surface area contributed by atoms with Gasteiger partial charge in [0.15, 0.2) is 6.61 Å². The highest BCUT2D eigenvalue weighted by molar-refractivity contribution is 6.39. The minimum Gasteiger partial charge on any atom is -0.467 e. The first kappa shape index (κ1) is 41.6. The van der Waals surface area contributed by atoms with Crippen LogP contribution in [0.3, 0.4) is 0 Å². The van der Waals surface area contributed by atoms with Crippen LogP contribution >= 0.6 is 11.6 Å². The third-order valence-corrected chi connectivity index (χ3v) is 8.83. The van der Waals surface area contributed by atoms with E-state index in [1.807, 2.05) is 12.1 Å². The summed E-state index contributed by atoms with van der Waals surface area (Å²) in [7, 11) is 1.13. The number of nitrogens with one attached hydrogen (secondary N) is 5. The normalized spacial score (nSPS) is 13.2. The third-order valence-electron chi connectivity index (χ3n) is 8.58. The molecule has 3 aromatic carbocycles. The number of hydrogen-bond donors (Lipinski definition) is 5. The largest absolute Gasteiger partial charge is 0.467 e. The molecule has 0 aliphatic heterocycles. The van der Waals surface area contributed by atoms with Gasteiger partial charge in [-0.05, 0) is 97.6 Å². The molecule has 0 radical (unpaired) electrons. The number of esters is 1. The zero-order chi connectivity index (χ0) is 42.0. The number of carbonyl (C=O) groups is 4. The average Bonchev–Trinajstić information content (AvgIpc) is 4.00. The van der Waals surface area contributed by atoms with E-state index < -0.39 is 54.1 Å². The van der Waals surface area contributed by atoms with E-state index in [1.54, 1.807) is 60.9 Å². The summed E-state index contributed by atoms with van der Waals surface area (Å²) in [5.74, 6) is -2.58. The number of rotatable bonds is 16. The molecule has 0 unspecified atom stereocenters. The smallest absolute Gasteiger partial charge is 0.422 e. The van der Waals surface area contributed by atoms with Gasteiger partial charge < -0.3 is 40.8 Å². The van der Waals surface area contributed by atoms with Gasteiger partial charge in [-0.25, -0.2) is 4.79 Å². The fourth-order valence-corrected chi connectivity index (χ4v) is 5.61. The minimum atomic E-state index is -4.64. The van der Waals surface area contributed by atoms with Crippen molar-refractivity contribution in [2.45, 2.75) is 37.0 Å². The zero-order valence-corrected chi connectivity index (χ0v) is 31.8. The predicted octanol–water partition coefficient (Wildman–Crippen LogP) is 5.91. The van der Waals surface area contributed by atoms with Gasteiger partial charge in [-0.1, -0.05) is 23.7 Å². The van der Waals surface area contributed by atoms with Gasteiger partial charge in [-0.2, -0.15) is 28.1 Å². The van der Waals surface area contributed by atoms with E-state index in [-0.39, 0.29) is 30.4 Å². The second-order valence-corrected chi connectivity index (χ2v) is 13.4. The highest BCUT2D eigenvalue weighted by Crippen LogP contribution is 2.48. The maximum absolute atomic E-state index is 13.1. The second kappa shape index (κ2) is 18.5. The molecule has 59 heavy (non-hydrogen) atoms. The standard InChI is InChI=1S/C39H35ClF3N9O7/c1-57-34(56)30(16-20-45-32(54)33(55)46-26-12-14-28(15-13-26)59-29-3-2-19-44-21-29)48-31(53)23-4-10-27(11-5-23)47-35-49-36(51-37(50-35)58-22-39(41,42)43)52-38(17-18-38)24-6-8-25(40)9-7-24/h2-15,19,21,30H,16-18,20,22H2,1H3,(H,45,54)(H,46,55)(H,48,53)(H2,47,49,50,51,52)/t30-/m0/s1. The first-order valence-electron chi connectivity index (χ1n) is 17.8. The lowest BCUT2D eigenvalue weighted by Crippen LogP contribution is -2.44. The molecule has 1 aliphatic carbocycles. The molecule has 6 rings (SSSR count). The van der Waals surface area contributed by atoms with Crippen molar-refractivity contribution in [3.8, 4) is 17.5 Å². The molecule has 1 atom stereocenters. The molecule has 16 nitrogen and oxygen atoms in total. The van der Waals surface area contributed by atoms with Gasteiger partial charge in [-0.15, -0.1) is 0 Å². The van der Waals surface area contributed by atoms with Crippen LogP contribution in [-0.2, 0) is 24.7 Å². The van der Waals surface area contributed by atoms with Crippen LogP contribution in [0.4, 0.5) is 36.4 Å². The molecule has 1 fully saturated rings. The predicted molar refractivity (Wildman–Crippen MR) is 207 cm³/mol. The summed E-state index contributed by atoms with van der Waals surface area (Å²) >= 11 is 6.03. The number of carbonyl (C=O) groups excluding carboxylic acids is 4. The fourth-order valence-electron chi connectivity index (χ4n) is 5.49. The number of methoxy groups -OCH3 is 1. The molecule has 3 amide bonds. The van der Waals surface area contributed by atoms with E-state index >= 15 is 0 Å². The van der Waals surface area contributed by atoms with Crippen molar-refractivity contribution in [3.63, 3.8) is 0 Å². The summed E-state index contributed by atoms with van der Waals surface area (Å²) in [6.07, 6.45) is -0.208. The Hall–Kier alpha value is -7.02. The number of benzene rings is 3. The zero-order valence-electron chi connectivity index (χ0n) is 31.0. The maximum atomic E-state index is 13.1. The van der Waals surface area contributed by atoms with Crippen molar-refractivity contribution >= 4 is 58.6 Å². The van der Waals surface area contributed by atoms with Crippen LogP contribution in [0.15, 0.2) is 97.3 Å². The summed E-state index contributed by atoms with van der Waals surface area (Å²) < 4.78 is 54.3. The Balaban J connectivity index is 1.03. The molecule has 0 saturated heterocycles. The number of ether oxygens (including phenoxy) is 3. The number of hydrogen-bond acceptors (Lipinski definition) is 13. The molecule has 0 spiro atoms. The summed E-state index contributed by atoms with van der Waals surface area (Å²) in [6.45, 7) is -1.80. The van der Waals surface area contributed by atoms with E-state index in [0.29, 0.717) is 40.7 Å². The van der Waals surface area contributed by atoms with Gasteiger partial charge in [0.2, 0.25) is 11.9 Å². The maximum Gasteiger partial charge on any atom is 0.422 e. The molecular weight excluding hydrogens is 799 g/mol. The summed E-state index contributed by atoms with van der Waals surface area (Å²) in [5, 5.41) is 14.0. The Kier molecular flexibility index (Phi) is 13.0. The molecule has 20 heteroatoms. The lowest BCUT2D eigenvalue weighted by Gasteiger charge is -2.19. The van der Waals surface area contributed by atoms with Gasteiger partial charge in [-0.3, -0.25) is 19.4 Å². The molecule has 2 aromatic heterocycles. The highest BCUT2D eigenvalue weighted by Gasteiger charge is 2.45. The van der Waals surface area contributed by atoms with E-state index in [0.717, 1.165) is 12.7 Å². The number of nitrogens with zero attached hydrogens (tertiary/aromatic N) is 4. The lowest BCUT2D eigenvalue weighted by atomic mass is 10.1. The van der Waals surface area contributed by atoms with E-state index in [9.17, 15) is 32.3 Å². The van der Waals surface area contributed by atoms with Gasteiger partial charge >= 0.3 is 30.0 Å². The van der Waals surface area contributed by atoms with Crippen molar-refractivity contribution in [2.24, 2.45) is 0 Å². The van der Waals surface area contributed by atoms with Gasteiger partial charge in [0.25, 0.3) is 5.91 Å². The second-order valence-electron chi connectivity index (χ2n) is 12.9. The Bertz CT molecular complexity index is 2270. The molecular formula is C39H35ClF3N9O7. The Morgan fingerprint density at radius 3 is 2.19 bits per heavy atom. The van der Waals surface area contributed by atoms with Crippen LogP contribution in [0.25, 0.3) is 0 Å².